The highest BCUT2D eigenvalue weighted by Crippen LogP contribution is 2.17. The van der Waals surface area contributed by atoms with Crippen molar-refractivity contribution in [3.63, 3.8) is 0 Å². The third-order valence-corrected chi connectivity index (χ3v) is 4.74. The van der Waals surface area contributed by atoms with E-state index < -0.39 is 15.1 Å². The molecule has 0 radical (unpaired) electrons. The van der Waals surface area contributed by atoms with Gasteiger partial charge in [0.2, 0.25) is 5.91 Å². The van der Waals surface area contributed by atoms with Crippen LogP contribution in [0.25, 0.3) is 6.08 Å². The molecule has 0 aliphatic heterocycles. The number of hydrogen-bond acceptors (Lipinski definition) is 3. The Morgan fingerprint density at radius 3 is 2.63 bits per heavy atom. The van der Waals surface area contributed by atoms with Gasteiger partial charge in [-0.05, 0) is 31.5 Å². The minimum absolute atomic E-state index is 0.0965. The Balaban J connectivity index is 2.87. The van der Waals surface area contributed by atoms with Crippen LogP contribution in [0.1, 0.15) is 26.3 Å². The van der Waals surface area contributed by atoms with Gasteiger partial charge >= 0.3 is 0 Å². The van der Waals surface area contributed by atoms with Crippen molar-refractivity contribution >= 4 is 21.8 Å². The molecule has 0 atom stereocenters. The van der Waals surface area contributed by atoms with E-state index >= 15 is 0 Å². The first-order valence-corrected chi connectivity index (χ1v) is 7.63. The summed E-state index contributed by atoms with van der Waals surface area (Å²) in [7, 11) is -3.25. The molecule has 0 fully saturated rings. The number of carbonyl (C=O) groups is 1. The van der Waals surface area contributed by atoms with E-state index in [1.807, 2.05) is 6.07 Å². The van der Waals surface area contributed by atoms with Gasteiger partial charge in [-0.15, -0.1) is 0 Å². The van der Waals surface area contributed by atoms with Crippen LogP contribution in [0.2, 0.25) is 0 Å². The molecule has 0 unspecified atom stereocenters. The van der Waals surface area contributed by atoms with E-state index in [0.717, 1.165) is 5.56 Å². The summed E-state index contributed by atoms with van der Waals surface area (Å²) in [4.78, 5) is 11.0. The van der Waals surface area contributed by atoms with Gasteiger partial charge in [-0.2, -0.15) is 0 Å². The monoisotopic (exact) mass is 281 g/mol. The first-order chi connectivity index (χ1) is 8.84. The molecular formula is C14H19NO3S. The van der Waals surface area contributed by atoms with Crippen LogP contribution in [0.3, 0.4) is 0 Å². The van der Waals surface area contributed by atoms with Crippen LogP contribution in [-0.4, -0.2) is 26.1 Å². The highest BCUT2D eigenvalue weighted by molar-refractivity contribution is 7.92. The van der Waals surface area contributed by atoms with Gasteiger partial charge in [-0.3, -0.25) is 4.79 Å². The molecule has 104 valence electrons. The predicted octanol–water partition coefficient (Wildman–Crippen LogP) is 2.02. The largest absolute Gasteiger partial charge is 0.353 e. The average Bonchev–Trinajstić information content (AvgIpc) is 2.34. The number of hydrogen-bond donors (Lipinski definition) is 1. The van der Waals surface area contributed by atoms with Crippen LogP contribution in [0.4, 0.5) is 0 Å². The van der Waals surface area contributed by atoms with Crippen molar-refractivity contribution in [3.05, 3.63) is 35.9 Å². The Morgan fingerprint density at radius 1 is 1.37 bits per heavy atom. The van der Waals surface area contributed by atoms with Crippen LogP contribution < -0.4 is 5.32 Å². The summed E-state index contributed by atoms with van der Waals surface area (Å²) in [6.45, 7) is 5.20. The van der Waals surface area contributed by atoms with E-state index in [1.165, 1.54) is 6.92 Å². The summed E-state index contributed by atoms with van der Waals surface area (Å²) in [5, 5.41) is 2.20. The molecule has 0 bridgehead atoms. The molecule has 1 amide bonds. The average molecular weight is 281 g/mol. The van der Waals surface area contributed by atoms with E-state index in [-0.39, 0.29) is 5.91 Å². The molecule has 0 aliphatic carbocycles. The van der Waals surface area contributed by atoms with Crippen molar-refractivity contribution in [1.82, 2.24) is 5.32 Å². The summed E-state index contributed by atoms with van der Waals surface area (Å²) < 4.78 is 24.0. The third kappa shape index (κ3) is 4.52. The molecule has 1 N–H and O–H groups in total. The van der Waals surface area contributed by atoms with Crippen LogP contribution in [0.15, 0.2) is 35.2 Å². The van der Waals surface area contributed by atoms with Crippen LogP contribution >= 0.6 is 0 Å². The number of amides is 1. The standard InChI is InChI=1S/C14H19NO3S/c1-11(2)19(17,18)14-8-4-6-13(10-14)7-5-9-15-12(3)16/h4-8,10-11H,9H2,1-3H3,(H,15,16). The molecule has 19 heavy (non-hydrogen) atoms. The van der Waals surface area contributed by atoms with Crippen molar-refractivity contribution in [2.75, 3.05) is 6.54 Å². The summed E-state index contributed by atoms with van der Waals surface area (Å²) in [6.07, 6.45) is 3.57. The van der Waals surface area contributed by atoms with Gasteiger partial charge in [0.15, 0.2) is 9.84 Å². The molecule has 0 aliphatic rings. The highest BCUT2D eigenvalue weighted by atomic mass is 32.2. The van der Waals surface area contributed by atoms with Gasteiger partial charge in [0.05, 0.1) is 10.1 Å². The summed E-state index contributed by atoms with van der Waals surface area (Å²) in [6, 6.07) is 6.77. The maximum atomic E-state index is 12.0. The zero-order valence-corrected chi connectivity index (χ0v) is 12.2. The van der Waals surface area contributed by atoms with Gasteiger partial charge < -0.3 is 5.32 Å². The Bertz CT molecular complexity index is 574. The fourth-order valence-corrected chi connectivity index (χ4v) is 2.58. The predicted molar refractivity (Wildman–Crippen MR) is 76.5 cm³/mol. The maximum absolute atomic E-state index is 12.0. The molecule has 0 saturated heterocycles. The quantitative estimate of drug-likeness (QED) is 0.898. The Hall–Kier alpha value is -1.62. The molecular weight excluding hydrogens is 262 g/mol. The molecule has 1 aromatic carbocycles. The lowest BCUT2D eigenvalue weighted by atomic mass is 10.2. The molecule has 1 rings (SSSR count). The zero-order chi connectivity index (χ0) is 14.5. The maximum Gasteiger partial charge on any atom is 0.217 e. The van der Waals surface area contributed by atoms with Crippen molar-refractivity contribution in [2.24, 2.45) is 0 Å². The first-order valence-electron chi connectivity index (χ1n) is 6.09. The van der Waals surface area contributed by atoms with E-state index in [4.69, 9.17) is 0 Å². The van der Waals surface area contributed by atoms with Crippen LogP contribution in [0.5, 0.6) is 0 Å². The van der Waals surface area contributed by atoms with Gasteiger partial charge in [0.25, 0.3) is 0 Å². The van der Waals surface area contributed by atoms with Crippen molar-refractivity contribution < 1.29 is 13.2 Å². The molecule has 1 aromatic rings. The second kappa shape index (κ2) is 6.52. The topological polar surface area (TPSA) is 63.2 Å². The highest BCUT2D eigenvalue weighted by Gasteiger charge is 2.18. The third-order valence-electron chi connectivity index (χ3n) is 2.59. The lowest BCUT2D eigenvalue weighted by molar-refractivity contribution is -0.118. The lowest BCUT2D eigenvalue weighted by Gasteiger charge is -2.08. The number of sulfone groups is 1. The minimum atomic E-state index is -3.25. The normalized spacial score (nSPS) is 12.0. The first kappa shape index (κ1) is 15.4. The second-order valence-corrected chi connectivity index (χ2v) is 7.01. The van der Waals surface area contributed by atoms with E-state index in [2.05, 4.69) is 5.32 Å². The minimum Gasteiger partial charge on any atom is -0.353 e. The number of carbonyl (C=O) groups excluding carboxylic acids is 1. The second-order valence-electron chi connectivity index (χ2n) is 4.51. The van der Waals surface area contributed by atoms with Gasteiger partial charge in [-0.1, -0.05) is 24.3 Å². The van der Waals surface area contributed by atoms with Gasteiger partial charge in [0, 0.05) is 13.5 Å². The smallest absolute Gasteiger partial charge is 0.217 e. The summed E-state index contributed by atoms with van der Waals surface area (Å²) in [5.74, 6) is -0.0965. The van der Waals surface area contributed by atoms with E-state index in [9.17, 15) is 13.2 Å². The Kier molecular flexibility index (Phi) is 5.30. The van der Waals surface area contributed by atoms with Crippen molar-refractivity contribution in [2.45, 2.75) is 30.9 Å². The molecule has 4 nitrogen and oxygen atoms in total. The van der Waals surface area contributed by atoms with Gasteiger partial charge in [0.1, 0.15) is 0 Å². The number of rotatable bonds is 5. The lowest BCUT2D eigenvalue weighted by Crippen LogP contribution is -2.19. The van der Waals surface area contributed by atoms with Crippen molar-refractivity contribution in [1.29, 1.82) is 0 Å². The van der Waals surface area contributed by atoms with Gasteiger partial charge in [-0.25, -0.2) is 8.42 Å². The van der Waals surface area contributed by atoms with Crippen LogP contribution in [0, 0.1) is 0 Å². The zero-order valence-electron chi connectivity index (χ0n) is 11.4. The van der Waals surface area contributed by atoms with Crippen LogP contribution in [-0.2, 0) is 14.6 Å². The van der Waals surface area contributed by atoms with Crippen molar-refractivity contribution in [3.8, 4) is 0 Å². The van der Waals surface area contributed by atoms with E-state index in [1.54, 1.807) is 44.2 Å². The molecule has 0 aromatic heterocycles. The summed E-state index contributed by atoms with van der Waals surface area (Å²) in [5.41, 5.74) is 0.798. The molecule has 0 saturated carbocycles. The molecule has 5 heteroatoms. The number of nitrogens with one attached hydrogen (secondary N) is 1. The Labute approximate surface area is 114 Å². The molecule has 0 spiro atoms. The summed E-state index contributed by atoms with van der Waals surface area (Å²) >= 11 is 0. The SMILES string of the molecule is CC(=O)NCC=Cc1cccc(S(=O)(=O)C(C)C)c1. The fourth-order valence-electron chi connectivity index (χ4n) is 1.47. The fraction of sp³-hybridized carbons (Fsp3) is 0.357. The Morgan fingerprint density at radius 2 is 2.05 bits per heavy atom. The molecule has 0 heterocycles. The van der Waals surface area contributed by atoms with E-state index in [0.29, 0.717) is 11.4 Å². The number of benzene rings is 1.